The van der Waals surface area contributed by atoms with E-state index in [2.05, 4.69) is 343 Å². The van der Waals surface area contributed by atoms with Crippen LogP contribution in [0.15, 0.2) is 473 Å². The van der Waals surface area contributed by atoms with Gasteiger partial charge in [-0.3, -0.25) is 0 Å². The summed E-state index contributed by atoms with van der Waals surface area (Å²) in [4.78, 5) is 8.74. The SMILES string of the molecule is Fc1ccccc1N(c1ccccc1)c1ccc2c(c1)Oc1cccc3c1c-2cc1c2cc(-c4ccccc4)ccc2c(N(c2ccccc2)c2ccccc2F)cc31.c1ccc(-c2ccc3c(N(c4ccccc4)c4ccccc4-c4ccccc4)cc4c5cccc6c5c(cc4c3c2)-c2ccc(N(c3ccccc3)c3ccccc3-c3ccccc3)cc2O6)cc1. The molecule has 22 aromatic carbocycles. The standard InChI is InChI=1S/C66H44N2O.C54H34F2N2O/c1-6-21-45(22-7-1)48-37-39-54-57(41-48)58-43-60-55-40-38-51(67(49-27-12-4-13-28-49)61-34-18-16-31-52(61)46-23-8-2-9-24-46)42-65(55)69-64-36-20-33-56(66(60)64)59(58)44-63(54)68(50-29-14-5-15-30-50)62-35-19-17-32-53(62)47-25-10-3-11-26-47;55-47-22-10-12-24-49(47)57(37-17-6-2-7-18-37)39-28-30-41-46-33-44-43-31-36(35-15-4-1-5-16-35)27-29-40(43)51(34-45(44)42-21-14-26-52(54(42)46)59-53(41)32-39)58(38-19-8-3-9-20-38)50-25-13-11-23-48(50)56/h1-44H;1-34H. The number of anilines is 12. The Hall–Kier alpha value is -16.9. The molecule has 0 aromatic heterocycles. The number of hydrogen-bond donors (Lipinski definition) is 0. The topological polar surface area (TPSA) is 31.4 Å². The maximum Gasteiger partial charge on any atom is 0.147 e. The highest BCUT2D eigenvalue weighted by Crippen LogP contribution is 2.57. The Kier molecular flexibility index (Phi) is 19.2. The Morgan fingerprint density at radius 1 is 0.148 bits per heavy atom. The monoisotopic (exact) mass is 1640 g/mol. The predicted octanol–water partition coefficient (Wildman–Crippen LogP) is 34.7. The molecule has 0 spiro atoms. The molecule has 0 unspecified atom stereocenters. The van der Waals surface area contributed by atoms with Crippen molar-refractivity contribution in [2.45, 2.75) is 0 Å². The van der Waals surface area contributed by atoms with E-state index < -0.39 is 0 Å². The lowest BCUT2D eigenvalue weighted by Crippen LogP contribution is -2.12. The van der Waals surface area contributed by atoms with Crippen LogP contribution in [0.25, 0.3) is 131 Å². The molecule has 24 rings (SSSR count). The van der Waals surface area contributed by atoms with Crippen LogP contribution in [0.3, 0.4) is 0 Å². The number of nitrogens with zero attached hydrogens (tertiary/aromatic N) is 4. The van der Waals surface area contributed by atoms with Crippen molar-refractivity contribution in [3.63, 3.8) is 0 Å². The average Bonchev–Trinajstić information content (AvgIpc) is 0.714. The number of halogens is 2. The fourth-order valence-corrected chi connectivity index (χ4v) is 19.2. The number of hydrogen-bond acceptors (Lipinski definition) is 6. The second-order valence-corrected chi connectivity index (χ2v) is 32.4. The summed E-state index contributed by atoms with van der Waals surface area (Å²) >= 11 is 0. The van der Waals surface area contributed by atoms with Gasteiger partial charge in [-0.05, 0) is 245 Å². The highest BCUT2D eigenvalue weighted by atomic mass is 19.1. The maximum atomic E-state index is 16.0. The number of ether oxygens (including phenoxy) is 2. The van der Waals surface area contributed by atoms with Crippen LogP contribution in [0.5, 0.6) is 23.0 Å². The highest BCUT2D eigenvalue weighted by Gasteiger charge is 2.31. The van der Waals surface area contributed by atoms with Gasteiger partial charge >= 0.3 is 0 Å². The zero-order chi connectivity index (χ0) is 85.1. The number of para-hydroxylation sites is 8. The van der Waals surface area contributed by atoms with Crippen LogP contribution in [0.1, 0.15) is 0 Å². The fourth-order valence-electron chi connectivity index (χ4n) is 19.2. The summed E-state index contributed by atoms with van der Waals surface area (Å²) in [5.41, 5.74) is 24.1. The lowest BCUT2D eigenvalue weighted by molar-refractivity contribution is 0.487. The van der Waals surface area contributed by atoms with Gasteiger partial charge in [-0.1, -0.05) is 303 Å². The molecule has 2 aliphatic heterocycles. The molecular formula is C120H78F2N4O2. The first-order valence-corrected chi connectivity index (χ1v) is 43.2. The third-order valence-electron chi connectivity index (χ3n) is 24.9. The van der Waals surface area contributed by atoms with Crippen molar-refractivity contribution in [3.05, 3.63) is 485 Å². The molecule has 0 aliphatic carbocycles. The van der Waals surface area contributed by atoms with Crippen molar-refractivity contribution in [3.8, 4) is 89.8 Å². The van der Waals surface area contributed by atoms with Crippen LogP contribution in [-0.2, 0) is 0 Å². The minimum Gasteiger partial charge on any atom is -0.456 e. The molecule has 0 fully saturated rings. The van der Waals surface area contributed by atoms with Crippen molar-refractivity contribution < 1.29 is 18.3 Å². The quantitative estimate of drug-likeness (QED) is 0.0897. The van der Waals surface area contributed by atoms with E-state index in [0.717, 1.165) is 178 Å². The second kappa shape index (κ2) is 32.4. The van der Waals surface area contributed by atoms with Gasteiger partial charge in [0.2, 0.25) is 0 Å². The van der Waals surface area contributed by atoms with E-state index in [-0.39, 0.29) is 11.6 Å². The second-order valence-electron chi connectivity index (χ2n) is 32.4. The molecule has 128 heavy (non-hydrogen) atoms. The fraction of sp³-hybridized carbons (Fsp3) is 0. The molecule has 0 saturated heterocycles. The molecule has 0 radical (unpaired) electrons. The van der Waals surface area contributed by atoms with Gasteiger partial charge in [-0.15, -0.1) is 0 Å². The van der Waals surface area contributed by atoms with Crippen molar-refractivity contribution in [1.29, 1.82) is 0 Å². The van der Waals surface area contributed by atoms with Crippen molar-refractivity contribution in [2.75, 3.05) is 19.6 Å². The Morgan fingerprint density at radius 2 is 0.453 bits per heavy atom. The van der Waals surface area contributed by atoms with Gasteiger partial charge in [0.25, 0.3) is 0 Å². The molecular weight excluding hydrogens is 1570 g/mol. The Morgan fingerprint density at radius 3 is 0.852 bits per heavy atom. The molecule has 22 aromatic rings. The Balaban J connectivity index is 0.000000148. The van der Waals surface area contributed by atoms with E-state index in [1.165, 1.54) is 39.6 Å². The van der Waals surface area contributed by atoms with Crippen molar-refractivity contribution in [2.24, 2.45) is 0 Å². The van der Waals surface area contributed by atoms with E-state index in [1.807, 2.05) is 119 Å². The van der Waals surface area contributed by atoms with Crippen LogP contribution in [0, 0.1) is 11.6 Å². The lowest BCUT2D eigenvalue weighted by atomic mass is 9.87. The van der Waals surface area contributed by atoms with Gasteiger partial charge in [0, 0.05) is 90.1 Å². The van der Waals surface area contributed by atoms with Gasteiger partial charge < -0.3 is 29.1 Å². The molecule has 604 valence electrons. The third-order valence-corrected chi connectivity index (χ3v) is 24.9. The first kappa shape index (κ1) is 76.0. The number of fused-ring (bicyclic) bond motifs is 12. The molecule has 0 bridgehead atoms. The van der Waals surface area contributed by atoms with Crippen LogP contribution >= 0.6 is 0 Å². The molecule has 6 nitrogen and oxygen atoms in total. The number of benzene rings is 22. The molecule has 0 atom stereocenters. The molecule has 0 N–H and O–H groups in total. The molecule has 2 heterocycles. The Bertz CT molecular complexity index is 8030. The summed E-state index contributed by atoms with van der Waals surface area (Å²) in [7, 11) is 0. The first-order chi connectivity index (χ1) is 63.3. The van der Waals surface area contributed by atoms with E-state index in [0.29, 0.717) is 17.1 Å². The molecule has 8 heteroatoms. The molecule has 0 amide bonds. The summed E-state index contributed by atoms with van der Waals surface area (Å²) in [5, 5.41) is 13.1. The minimum absolute atomic E-state index is 0.312. The summed E-state index contributed by atoms with van der Waals surface area (Å²) in [6.07, 6.45) is 0. The van der Waals surface area contributed by atoms with Crippen LogP contribution in [0.2, 0.25) is 0 Å². The average molecular weight is 1650 g/mol. The normalized spacial score (nSPS) is 11.6. The van der Waals surface area contributed by atoms with E-state index >= 15 is 8.78 Å². The minimum atomic E-state index is -0.321. The van der Waals surface area contributed by atoms with Gasteiger partial charge in [0.15, 0.2) is 0 Å². The maximum absolute atomic E-state index is 16.0. The van der Waals surface area contributed by atoms with Crippen LogP contribution in [0.4, 0.5) is 77.0 Å². The summed E-state index contributed by atoms with van der Waals surface area (Å²) in [5.74, 6) is 2.45. The third kappa shape index (κ3) is 13.5. The van der Waals surface area contributed by atoms with E-state index in [1.54, 1.807) is 18.2 Å². The van der Waals surface area contributed by atoms with Gasteiger partial charge in [0.1, 0.15) is 34.6 Å². The highest BCUT2D eigenvalue weighted by molar-refractivity contribution is 6.28. The van der Waals surface area contributed by atoms with Crippen LogP contribution < -0.4 is 29.1 Å². The van der Waals surface area contributed by atoms with E-state index in [4.69, 9.17) is 9.47 Å². The Labute approximate surface area is 740 Å². The van der Waals surface area contributed by atoms with Gasteiger partial charge in [0.05, 0.1) is 34.1 Å². The van der Waals surface area contributed by atoms with Crippen molar-refractivity contribution in [1.82, 2.24) is 0 Å². The van der Waals surface area contributed by atoms with Gasteiger partial charge in [-0.2, -0.15) is 0 Å². The molecule has 0 saturated carbocycles. The lowest BCUT2D eigenvalue weighted by Gasteiger charge is -2.31. The zero-order valence-corrected chi connectivity index (χ0v) is 69.4. The first-order valence-electron chi connectivity index (χ1n) is 43.2. The predicted molar refractivity (Wildman–Crippen MR) is 529 cm³/mol. The summed E-state index contributed by atoms with van der Waals surface area (Å²) in [6.45, 7) is 0. The van der Waals surface area contributed by atoms with E-state index in [9.17, 15) is 0 Å². The van der Waals surface area contributed by atoms with Gasteiger partial charge in [-0.25, -0.2) is 8.78 Å². The molecule has 2 aliphatic rings. The number of rotatable bonds is 16. The van der Waals surface area contributed by atoms with Crippen LogP contribution in [-0.4, -0.2) is 0 Å². The summed E-state index contributed by atoms with van der Waals surface area (Å²) < 4.78 is 45.4. The smallest absolute Gasteiger partial charge is 0.147 e. The largest absolute Gasteiger partial charge is 0.456 e. The zero-order valence-electron chi connectivity index (χ0n) is 69.4. The van der Waals surface area contributed by atoms with Crippen molar-refractivity contribution >= 4 is 133 Å². The summed E-state index contributed by atoms with van der Waals surface area (Å²) in [6, 6.07) is 163.